The summed E-state index contributed by atoms with van der Waals surface area (Å²) < 4.78 is 18.8. The Hall–Kier alpha value is -1.66. The van der Waals surface area contributed by atoms with Crippen molar-refractivity contribution < 1.29 is 13.9 Å². The molecule has 0 unspecified atom stereocenters. The summed E-state index contributed by atoms with van der Waals surface area (Å²) in [5, 5.41) is 6.04. The number of carbonyl (C=O) groups excluding carboxylic acids is 1. The fourth-order valence-electron chi connectivity index (χ4n) is 2.14. The molecular formula is C13H12ClFN2O2S. The number of carbonyl (C=O) groups is 1. The highest BCUT2D eigenvalue weighted by Gasteiger charge is 2.39. The quantitative estimate of drug-likeness (QED) is 0.648. The van der Waals surface area contributed by atoms with E-state index in [1.165, 1.54) is 19.2 Å². The van der Waals surface area contributed by atoms with Gasteiger partial charge in [0.05, 0.1) is 13.2 Å². The van der Waals surface area contributed by atoms with Crippen molar-refractivity contribution in [2.75, 3.05) is 7.11 Å². The number of nitrogens with one attached hydrogen (secondary N) is 2. The van der Waals surface area contributed by atoms with Gasteiger partial charge in [-0.25, -0.2) is 4.39 Å². The maximum atomic E-state index is 14.1. The molecule has 4 nitrogen and oxygen atoms in total. The van der Waals surface area contributed by atoms with Crippen molar-refractivity contribution in [3.8, 4) is 0 Å². The first-order valence-electron chi connectivity index (χ1n) is 5.73. The third-order valence-electron chi connectivity index (χ3n) is 3.04. The lowest BCUT2D eigenvalue weighted by molar-refractivity contribution is -0.145. The Morgan fingerprint density at radius 3 is 2.85 bits per heavy atom. The second kappa shape index (κ2) is 5.76. The summed E-state index contributed by atoms with van der Waals surface area (Å²) in [6, 6.07) is 3.54. The van der Waals surface area contributed by atoms with Gasteiger partial charge in [0.25, 0.3) is 0 Å². The van der Waals surface area contributed by atoms with Crippen LogP contribution in [0.25, 0.3) is 0 Å². The molecule has 1 heterocycles. The second-order valence-corrected chi connectivity index (χ2v) is 5.05. The molecule has 1 aliphatic rings. The third-order valence-corrected chi connectivity index (χ3v) is 3.58. The summed E-state index contributed by atoms with van der Waals surface area (Å²) in [6.07, 6.45) is 0. The summed E-state index contributed by atoms with van der Waals surface area (Å²) in [6.45, 7) is 3.75. The van der Waals surface area contributed by atoms with Gasteiger partial charge in [-0.1, -0.05) is 24.2 Å². The predicted octanol–water partition coefficient (Wildman–Crippen LogP) is 2.30. The van der Waals surface area contributed by atoms with Gasteiger partial charge in [-0.2, -0.15) is 0 Å². The van der Waals surface area contributed by atoms with Crippen LogP contribution in [0.15, 0.2) is 30.5 Å². The van der Waals surface area contributed by atoms with E-state index < -0.39 is 23.7 Å². The molecular weight excluding hydrogens is 303 g/mol. The Balaban J connectivity index is 2.52. The minimum Gasteiger partial charge on any atom is -0.468 e. The van der Waals surface area contributed by atoms with Gasteiger partial charge in [-0.15, -0.1) is 0 Å². The first kappa shape index (κ1) is 14.7. The van der Waals surface area contributed by atoms with E-state index in [9.17, 15) is 9.18 Å². The standard InChI is InChI=1S/C13H12ClFN2O2S/c1-6-9(12(18)19-2)11(17-13(20)16-6)10-7(14)4-3-5-8(10)15/h3-5,9,11H,1H2,2H3,(H2,16,17,20)/t9-,11-/m1/s1. The number of ether oxygens (including phenoxy) is 1. The molecule has 7 heteroatoms. The van der Waals surface area contributed by atoms with Crippen molar-refractivity contribution in [3.05, 3.63) is 46.9 Å². The molecule has 0 spiro atoms. The third kappa shape index (κ3) is 2.62. The molecule has 1 aromatic rings. The molecule has 0 aliphatic carbocycles. The highest BCUT2D eigenvalue weighted by molar-refractivity contribution is 7.80. The molecule has 0 bridgehead atoms. The zero-order chi connectivity index (χ0) is 14.9. The zero-order valence-corrected chi connectivity index (χ0v) is 12.1. The van der Waals surface area contributed by atoms with Gasteiger partial charge in [0.15, 0.2) is 5.11 Å². The van der Waals surface area contributed by atoms with Crippen LogP contribution in [0.3, 0.4) is 0 Å². The van der Waals surface area contributed by atoms with Crippen molar-refractivity contribution in [2.45, 2.75) is 6.04 Å². The number of methoxy groups -OCH3 is 1. The second-order valence-electron chi connectivity index (χ2n) is 4.24. The van der Waals surface area contributed by atoms with Gasteiger partial charge < -0.3 is 15.4 Å². The Kier molecular flexibility index (Phi) is 4.25. The molecule has 0 radical (unpaired) electrons. The summed E-state index contributed by atoms with van der Waals surface area (Å²) in [5.41, 5.74) is 0.500. The van der Waals surface area contributed by atoms with Crippen LogP contribution in [0.2, 0.25) is 5.02 Å². The number of esters is 1. The molecule has 2 atom stereocenters. The van der Waals surface area contributed by atoms with Gasteiger partial charge in [0.2, 0.25) is 0 Å². The molecule has 2 rings (SSSR count). The Labute approximate surface area is 125 Å². The Morgan fingerprint density at radius 1 is 1.55 bits per heavy atom. The van der Waals surface area contributed by atoms with E-state index in [1.54, 1.807) is 6.07 Å². The van der Waals surface area contributed by atoms with Gasteiger partial charge in [0, 0.05) is 16.3 Å². The minimum absolute atomic E-state index is 0.162. The van der Waals surface area contributed by atoms with Crippen molar-refractivity contribution in [2.24, 2.45) is 5.92 Å². The number of hydrogen-bond donors (Lipinski definition) is 2. The monoisotopic (exact) mass is 314 g/mol. The van der Waals surface area contributed by atoms with Crippen molar-refractivity contribution in [1.82, 2.24) is 10.6 Å². The molecule has 1 aromatic carbocycles. The highest BCUT2D eigenvalue weighted by Crippen LogP contribution is 2.35. The molecule has 0 saturated carbocycles. The average Bonchev–Trinajstić information content (AvgIpc) is 2.37. The van der Waals surface area contributed by atoms with E-state index in [2.05, 4.69) is 17.2 Å². The molecule has 0 amide bonds. The average molecular weight is 315 g/mol. The van der Waals surface area contributed by atoms with Gasteiger partial charge >= 0.3 is 5.97 Å². The number of rotatable bonds is 2. The first-order chi connectivity index (χ1) is 9.45. The SMILES string of the molecule is C=C1NC(=S)N[C@@H](c2c(F)cccc2Cl)[C@@H]1C(=O)OC. The Morgan fingerprint density at radius 2 is 2.25 bits per heavy atom. The highest BCUT2D eigenvalue weighted by atomic mass is 35.5. The summed E-state index contributed by atoms with van der Waals surface area (Å²) in [4.78, 5) is 11.9. The summed E-state index contributed by atoms with van der Waals surface area (Å²) >= 11 is 11.1. The maximum Gasteiger partial charge on any atom is 0.317 e. The fourth-order valence-corrected chi connectivity index (χ4v) is 2.68. The molecule has 2 N–H and O–H groups in total. The van der Waals surface area contributed by atoms with E-state index in [4.69, 9.17) is 28.6 Å². The first-order valence-corrected chi connectivity index (χ1v) is 6.52. The van der Waals surface area contributed by atoms with E-state index in [0.29, 0.717) is 5.70 Å². The topological polar surface area (TPSA) is 50.4 Å². The van der Waals surface area contributed by atoms with E-state index >= 15 is 0 Å². The number of hydrogen-bond acceptors (Lipinski definition) is 3. The van der Waals surface area contributed by atoms with Gasteiger partial charge in [-0.05, 0) is 24.4 Å². The lowest BCUT2D eigenvalue weighted by atomic mass is 9.89. The van der Waals surface area contributed by atoms with Crippen LogP contribution < -0.4 is 10.6 Å². The van der Waals surface area contributed by atoms with Crippen LogP contribution in [0, 0.1) is 11.7 Å². The van der Waals surface area contributed by atoms with Crippen LogP contribution in [0.1, 0.15) is 11.6 Å². The van der Waals surface area contributed by atoms with Crippen LogP contribution >= 0.6 is 23.8 Å². The lowest BCUT2D eigenvalue weighted by Gasteiger charge is -2.35. The summed E-state index contributed by atoms with van der Waals surface area (Å²) in [7, 11) is 1.25. The molecule has 1 fully saturated rings. The van der Waals surface area contributed by atoms with Crippen LogP contribution in [-0.2, 0) is 9.53 Å². The molecule has 106 valence electrons. The van der Waals surface area contributed by atoms with Gasteiger partial charge in [0.1, 0.15) is 11.7 Å². The molecule has 20 heavy (non-hydrogen) atoms. The number of benzene rings is 1. The van der Waals surface area contributed by atoms with Gasteiger partial charge in [-0.3, -0.25) is 4.79 Å². The van der Waals surface area contributed by atoms with Crippen molar-refractivity contribution >= 4 is 34.9 Å². The number of thiocarbonyl (C=S) groups is 1. The van der Waals surface area contributed by atoms with Crippen molar-refractivity contribution in [1.29, 1.82) is 0 Å². The smallest absolute Gasteiger partial charge is 0.317 e. The zero-order valence-electron chi connectivity index (χ0n) is 10.6. The Bertz CT molecular complexity index is 573. The minimum atomic E-state index is -0.832. The predicted molar refractivity (Wildman–Crippen MR) is 77.7 cm³/mol. The molecule has 0 aromatic heterocycles. The van der Waals surface area contributed by atoms with E-state index in [1.807, 2.05) is 0 Å². The largest absolute Gasteiger partial charge is 0.468 e. The van der Waals surface area contributed by atoms with Crippen LogP contribution in [-0.4, -0.2) is 18.2 Å². The summed E-state index contributed by atoms with van der Waals surface area (Å²) in [5.74, 6) is -1.91. The van der Waals surface area contributed by atoms with Crippen molar-refractivity contribution in [3.63, 3.8) is 0 Å². The van der Waals surface area contributed by atoms with Crippen LogP contribution in [0.5, 0.6) is 0 Å². The van der Waals surface area contributed by atoms with Crippen LogP contribution in [0.4, 0.5) is 4.39 Å². The normalized spacial score (nSPS) is 21.9. The number of halogens is 2. The molecule has 1 aliphatic heterocycles. The van der Waals surface area contributed by atoms with E-state index in [-0.39, 0.29) is 15.7 Å². The fraction of sp³-hybridized carbons (Fsp3) is 0.231. The van der Waals surface area contributed by atoms with E-state index in [0.717, 1.165) is 0 Å². The molecule has 1 saturated heterocycles. The maximum absolute atomic E-state index is 14.1. The lowest BCUT2D eigenvalue weighted by Crippen LogP contribution is -2.51.